The van der Waals surface area contributed by atoms with E-state index >= 15 is 0 Å². The highest BCUT2D eigenvalue weighted by atomic mass is 35.5. The molecule has 0 unspecified atom stereocenters. The second kappa shape index (κ2) is 6.39. The number of aliphatic hydroxyl groups is 1. The lowest BCUT2D eigenvalue weighted by atomic mass is 10.3. The SMILES string of the molecule is O=C(NC[C@@H](O)c1ccco1)Nc1sc2ccccc2c1Cl. The quantitative estimate of drug-likeness (QED) is 0.674. The van der Waals surface area contributed by atoms with Crippen LogP contribution in [-0.2, 0) is 0 Å². The predicted octanol–water partition coefficient (Wildman–Crippen LogP) is 4.00. The fraction of sp³-hybridized carbons (Fsp3) is 0.133. The third-order valence-corrected chi connectivity index (χ3v) is 4.68. The number of hydrogen-bond donors (Lipinski definition) is 3. The fourth-order valence-corrected chi connectivity index (χ4v) is 3.39. The number of nitrogens with one attached hydrogen (secondary N) is 2. The van der Waals surface area contributed by atoms with Crippen molar-refractivity contribution >= 4 is 44.1 Å². The first-order valence-electron chi connectivity index (χ1n) is 6.58. The molecular weight excluding hydrogens is 324 g/mol. The summed E-state index contributed by atoms with van der Waals surface area (Å²) in [7, 11) is 0. The Bertz CT molecular complexity index is 785. The highest BCUT2D eigenvalue weighted by Gasteiger charge is 2.15. The van der Waals surface area contributed by atoms with Crippen molar-refractivity contribution in [1.29, 1.82) is 0 Å². The molecule has 0 aliphatic carbocycles. The van der Waals surface area contributed by atoms with Gasteiger partial charge in [0, 0.05) is 10.1 Å². The molecule has 1 aromatic carbocycles. The second-order valence-electron chi connectivity index (χ2n) is 4.61. The minimum atomic E-state index is -0.890. The van der Waals surface area contributed by atoms with Crippen LogP contribution in [0.1, 0.15) is 11.9 Å². The maximum Gasteiger partial charge on any atom is 0.319 e. The lowest BCUT2D eigenvalue weighted by Crippen LogP contribution is -2.32. The molecule has 0 saturated carbocycles. The highest BCUT2D eigenvalue weighted by molar-refractivity contribution is 7.23. The molecule has 0 spiro atoms. The summed E-state index contributed by atoms with van der Waals surface area (Å²) in [6, 6.07) is 10.5. The van der Waals surface area contributed by atoms with E-state index in [1.807, 2.05) is 24.3 Å². The Labute approximate surface area is 135 Å². The van der Waals surface area contributed by atoms with E-state index in [1.165, 1.54) is 17.6 Å². The van der Waals surface area contributed by atoms with Gasteiger partial charge in [0.2, 0.25) is 0 Å². The van der Waals surface area contributed by atoms with E-state index in [1.54, 1.807) is 12.1 Å². The number of hydrogen-bond acceptors (Lipinski definition) is 4. The number of amides is 2. The lowest BCUT2D eigenvalue weighted by molar-refractivity contribution is 0.149. The van der Waals surface area contributed by atoms with E-state index in [4.69, 9.17) is 16.0 Å². The zero-order valence-corrected chi connectivity index (χ0v) is 12.9. The summed E-state index contributed by atoms with van der Waals surface area (Å²) in [4.78, 5) is 11.9. The lowest BCUT2D eigenvalue weighted by Gasteiger charge is -2.10. The van der Waals surface area contributed by atoms with Crippen LogP contribution in [0.4, 0.5) is 9.80 Å². The number of halogens is 1. The van der Waals surface area contributed by atoms with Crippen molar-refractivity contribution < 1.29 is 14.3 Å². The van der Waals surface area contributed by atoms with Crippen LogP contribution in [0.3, 0.4) is 0 Å². The largest absolute Gasteiger partial charge is 0.467 e. The Morgan fingerprint density at radius 2 is 2.14 bits per heavy atom. The zero-order chi connectivity index (χ0) is 15.5. The fourth-order valence-electron chi connectivity index (χ4n) is 2.01. The molecular formula is C15H13ClN2O3S. The predicted molar refractivity (Wildman–Crippen MR) is 87.5 cm³/mol. The molecule has 2 amide bonds. The first-order chi connectivity index (χ1) is 10.6. The molecule has 0 bridgehead atoms. The average Bonchev–Trinajstić information content (AvgIpc) is 3.15. The van der Waals surface area contributed by atoms with Gasteiger partial charge in [-0.05, 0) is 18.2 Å². The van der Waals surface area contributed by atoms with Gasteiger partial charge in [0.15, 0.2) is 0 Å². The van der Waals surface area contributed by atoms with Crippen molar-refractivity contribution in [1.82, 2.24) is 5.32 Å². The third-order valence-electron chi connectivity index (χ3n) is 3.09. The average molecular weight is 337 g/mol. The molecule has 114 valence electrons. The minimum absolute atomic E-state index is 0.0435. The molecule has 0 saturated heterocycles. The minimum Gasteiger partial charge on any atom is -0.467 e. The van der Waals surface area contributed by atoms with Gasteiger partial charge >= 0.3 is 6.03 Å². The molecule has 5 nitrogen and oxygen atoms in total. The zero-order valence-electron chi connectivity index (χ0n) is 11.4. The van der Waals surface area contributed by atoms with Gasteiger partial charge in [-0.2, -0.15) is 0 Å². The monoisotopic (exact) mass is 336 g/mol. The molecule has 3 rings (SSSR count). The van der Waals surface area contributed by atoms with E-state index in [0.717, 1.165) is 10.1 Å². The van der Waals surface area contributed by atoms with Gasteiger partial charge in [0.25, 0.3) is 0 Å². The van der Waals surface area contributed by atoms with Crippen molar-refractivity contribution in [2.45, 2.75) is 6.10 Å². The number of carbonyl (C=O) groups excluding carboxylic acids is 1. The number of anilines is 1. The summed E-state index contributed by atoms with van der Waals surface area (Å²) in [6.45, 7) is 0.0435. The van der Waals surface area contributed by atoms with Gasteiger partial charge in [0.1, 0.15) is 16.9 Å². The maximum atomic E-state index is 11.9. The number of urea groups is 1. The Kier molecular flexibility index (Phi) is 4.33. The molecule has 2 heterocycles. The Balaban J connectivity index is 1.62. The third kappa shape index (κ3) is 3.09. The summed E-state index contributed by atoms with van der Waals surface area (Å²) in [5, 5.41) is 17.1. The van der Waals surface area contributed by atoms with Crippen LogP contribution in [0.25, 0.3) is 10.1 Å². The van der Waals surface area contributed by atoms with Crippen molar-refractivity contribution in [2.75, 3.05) is 11.9 Å². The molecule has 2 aromatic heterocycles. The number of fused-ring (bicyclic) bond motifs is 1. The van der Waals surface area contributed by atoms with Gasteiger partial charge in [-0.15, -0.1) is 11.3 Å². The smallest absolute Gasteiger partial charge is 0.319 e. The molecule has 7 heteroatoms. The standard InChI is InChI=1S/C15H13ClN2O3S/c16-13-9-4-1-2-6-12(9)22-14(13)18-15(20)17-8-10(19)11-5-3-7-21-11/h1-7,10,19H,8H2,(H2,17,18,20)/t10-/m1/s1. The summed E-state index contributed by atoms with van der Waals surface area (Å²) in [6.07, 6.45) is 0.578. The molecule has 1 atom stereocenters. The van der Waals surface area contributed by atoms with Crippen molar-refractivity contribution in [2.24, 2.45) is 0 Å². The topological polar surface area (TPSA) is 74.5 Å². The summed E-state index contributed by atoms with van der Waals surface area (Å²) in [5.41, 5.74) is 0. The highest BCUT2D eigenvalue weighted by Crippen LogP contribution is 2.39. The van der Waals surface area contributed by atoms with Crippen molar-refractivity contribution in [3.63, 3.8) is 0 Å². The van der Waals surface area contributed by atoms with E-state index in [0.29, 0.717) is 15.8 Å². The number of aliphatic hydroxyl groups excluding tert-OH is 1. The van der Waals surface area contributed by atoms with Crippen LogP contribution in [-0.4, -0.2) is 17.7 Å². The van der Waals surface area contributed by atoms with Gasteiger partial charge in [-0.25, -0.2) is 4.79 Å². The van der Waals surface area contributed by atoms with Crippen LogP contribution in [0.5, 0.6) is 0 Å². The first-order valence-corrected chi connectivity index (χ1v) is 7.78. The normalized spacial score (nSPS) is 12.3. The van der Waals surface area contributed by atoms with E-state index in [-0.39, 0.29) is 6.54 Å². The van der Waals surface area contributed by atoms with Gasteiger partial charge in [0.05, 0.1) is 17.8 Å². The number of rotatable bonds is 4. The number of carbonyl (C=O) groups is 1. The summed E-state index contributed by atoms with van der Waals surface area (Å²) in [5.74, 6) is 0.403. The van der Waals surface area contributed by atoms with E-state index in [9.17, 15) is 9.90 Å². The molecule has 0 fully saturated rings. The van der Waals surface area contributed by atoms with Crippen LogP contribution in [0.15, 0.2) is 47.1 Å². The maximum absolute atomic E-state index is 11.9. The van der Waals surface area contributed by atoms with E-state index < -0.39 is 12.1 Å². The van der Waals surface area contributed by atoms with Crippen LogP contribution >= 0.6 is 22.9 Å². The Morgan fingerprint density at radius 3 is 2.86 bits per heavy atom. The number of furan rings is 1. The number of benzene rings is 1. The molecule has 22 heavy (non-hydrogen) atoms. The second-order valence-corrected chi connectivity index (χ2v) is 6.04. The number of thiophene rings is 1. The van der Waals surface area contributed by atoms with Crippen LogP contribution in [0, 0.1) is 0 Å². The first kappa shape index (κ1) is 14.9. The Morgan fingerprint density at radius 1 is 1.32 bits per heavy atom. The molecule has 0 radical (unpaired) electrons. The molecule has 3 aromatic rings. The van der Waals surface area contributed by atoms with Crippen LogP contribution in [0.2, 0.25) is 5.02 Å². The van der Waals surface area contributed by atoms with Crippen molar-refractivity contribution in [3.8, 4) is 0 Å². The summed E-state index contributed by atoms with van der Waals surface area (Å²) < 4.78 is 6.06. The van der Waals surface area contributed by atoms with Gasteiger partial charge in [-0.1, -0.05) is 29.8 Å². The summed E-state index contributed by atoms with van der Waals surface area (Å²) >= 11 is 7.65. The van der Waals surface area contributed by atoms with Gasteiger partial charge in [-0.3, -0.25) is 5.32 Å². The molecule has 0 aliphatic heterocycles. The van der Waals surface area contributed by atoms with Crippen molar-refractivity contribution in [3.05, 3.63) is 53.4 Å². The molecule has 0 aliphatic rings. The molecule has 3 N–H and O–H groups in total. The Hall–Kier alpha value is -2.02. The van der Waals surface area contributed by atoms with E-state index in [2.05, 4.69) is 10.6 Å². The van der Waals surface area contributed by atoms with Crippen LogP contribution < -0.4 is 10.6 Å². The van der Waals surface area contributed by atoms with Gasteiger partial charge < -0.3 is 14.8 Å².